The van der Waals surface area contributed by atoms with E-state index in [4.69, 9.17) is 9.15 Å². The highest BCUT2D eigenvalue weighted by Crippen LogP contribution is 2.14. The summed E-state index contributed by atoms with van der Waals surface area (Å²) in [7, 11) is 7.84. The van der Waals surface area contributed by atoms with Crippen molar-refractivity contribution in [2.45, 2.75) is 13.0 Å². The number of nitrogens with one attached hydrogen (secondary N) is 1. The Kier molecular flexibility index (Phi) is 8.02. The monoisotopic (exact) mass is 358 g/mol. The zero-order valence-corrected chi connectivity index (χ0v) is 16.2. The van der Waals surface area contributed by atoms with Gasteiger partial charge in [0.1, 0.15) is 5.76 Å². The van der Waals surface area contributed by atoms with Crippen LogP contribution in [0.25, 0.3) is 0 Å². The Balaban J connectivity index is 1.98. The molecule has 1 heterocycles. The molecule has 1 N–H and O–H groups in total. The third kappa shape index (κ3) is 6.44. The minimum atomic E-state index is 0.604. The van der Waals surface area contributed by atoms with Crippen LogP contribution in [0.15, 0.2) is 52.1 Å². The van der Waals surface area contributed by atoms with E-state index in [9.17, 15) is 0 Å². The van der Waals surface area contributed by atoms with Gasteiger partial charge in [-0.2, -0.15) is 0 Å². The Morgan fingerprint density at radius 2 is 2.04 bits per heavy atom. The lowest BCUT2D eigenvalue weighted by Gasteiger charge is -2.23. The second kappa shape index (κ2) is 10.5. The van der Waals surface area contributed by atoms with Gasteiger partial charge in [0.05, 0.1) is 19.4 Å². The van der Waals surface area contributed by atoms with E-state index in [0.29, 0.717) is 13.2 Å². The van der Waals surface area contributed by atoms with Gasteiger partial charge >= 0.3 is 0 Å². The smallest absolute Gasteiger partial charge is 0.194 e. The number of rotatable bonds is 9. The minimum Gasteiger partial charge on any atom is -0.469 e. The lowest BCUT2D eigenvalue weighted by molar-refractivity contribution is 0.207. The first-order valence-corrected chi connectivity index (χ1v) is 8.87. The topological polar surface area (TPSA) is 53.2 Å². The lowest BCUT2D eigenvalue weighted by atomic mass is 10.2. The van der Waals surface area contributed by atoms with Gasteiger partial charge in [0.25, 0.3) is 0 Å². The summed E-state index contributed by atoms with van der Waals surface area (Å²) in [4.78, 5) is 8.89. The predicted molar refractivity (Wildman–Crippen MR) is 107 cm³/mol. The third-order valence-corrected chi connectivity index (χ3v) is 4.00. The Morgan fingerprint density at radius 1 is 1.19 bits per heavy atom. The SMILES string of the molecule is COCCN=C(NCCc1ccco1)N(C)Cc1cccc(N(C)C)c1. The number of hydrogen-bond donors (Lipinski definition) is 1. The van der Waals surface area contributed by atoms with Crippen molar-refractivity contribution in [2.24, 2.45) is 4.99 Å². The fourth-order valence-corrected chi connectivity index (χ4v) is 2.59. The van der Waals surface area contributed by atoms with Gasteiger partial charge in [-0.3, -0.25) is 4.99 Å². The molecule has 6 nitrogen and oxygen atoms in total. The molecule has 0 radical (unpaired) electrons. The number of furan rings is 1. The summed E-state index contributed by atoms with van der Waals surface area (Å²) in [6.45, 7) is 2.78. The zero-order chi connectivity index (χ0) is 18.8. The number of benzene rings is 1. The molecule has 0 spiro atoms. The summed E-state index contributed by atoms with van der Waals surface area (Å²) in [5.74, 6) is 1.83. The maximum atomic E-state index is 5.39. The molecule has 0 saturated carbocycles. The van der Waals surface area contributed by atoms with Crippen LogP contribution in [-0.4, -0.2) is 58.8 Å². The van der Waals surface area contributed by atoms with Crippen LogP contribution in [0, 0.1) is 0 Å². The summed E-state index contributed by atoms with van der Waals surface area (Å²) >= 11 is 0. The van der Waals surface area contributed by atoms with Crippen molar-refractivity contribution < 1.29 is 9.15 Å². The van der Waals surface area contributed by atoms with Crippen LogP contribution < -0.4 is 10.2 Å². The number of guanidine groups is 1. The summed E-state index contributed by atoms with van der Waals surface area (Å²) in [6.07, 6.45) is 2.52. The molecule has 0 aliphatic carbocycles. The lowest BCUT2D eigenvalue weighted by Crippen LogP contribution is -2.39. The van der Waals surface area contributed by atoms with Gasteiger partial charge in [-0.15, -0.1) is 0 Å². The first-order chi connectivity index (χ1) is 12.6. The number of aliphatic imine (C=N–C) groups is 1. The zero-order valence-electron chi connectivity index (χ0n) is 16.2. The fourth-order valence-electron chi connectivity index (χ4n) is 2.59. The van der Waals surface area contributed by atoms with Crippen LogP contribution in [0.4, 0.5) is 5.69 Å². The van der Waals surface area contributed by atoms with E-state index in [1.54, 1.807) is 13.4 Å². The predicted octanol–water partition coefficient (Wildman–Crippen LogP) is 2.61. The molecule has 0 unspecified atom stereocenters. The molecule has 1 aromatic heterocycles. The first-order valence-electron chi connectivity index (χ1n) is 8.87. The molecule has 0 bridgehead atoms. The van der Waals surface area contributed by atoms with Crippen molar-refractivity contribution in [3.05, 3.63) is 54.0 Å². The molecule has 0 amide bonds. The summed E-state index contributed by atoms with van der Waals surface area (Å²) in [5.41, 5.74) is 2.44. The summed E-state index contributed by atoms with van der Waals surface area (Å²) < 4.78 is 10.5. The Morgan fingerprint density at radius 3 is 2.73 bits per heavy atom. The molecule has 0 fully saturated rings. The highest BCUT2D eigenvalue weighted by Gasteiger charge is 2.08. The van der Waals surface area contributed by atoms with Crippen molar-refractivity contribution in [1.29, 1.82) is 0 Å². The van der Waals surface area contributed by atoms with E-state index >= 15 is 0 Å². The number of methoxy groups -OCH3 is 1. The molecule has 26 heavy (non-hydrogen) atoms. The first kappa shape index (κ1) is 19.8. The maximum Gasteiger partial charge on any atom is 0.194 e. The van der Waals surface area contributed by atoms with Gasteiger partial charge in [0, 0.05) is 53.5 Å². The number of ether oxygens (including phenoxy) is 1. The quantitative estimate of drug-likeness (QED) is 0.424. The molecular weight excluding hydrogens is 328 g/mol. The highest BCUT2D eigenvalue weighted by molar-refractivity contribution is 5.79. The largest absolute Gasteiger partial charge is 0.469 e. The van der Waals surface area contributed by atoms with Crippen molar-refractivity contribution in [3.63, 3.8) is 0 Å². The number of anilines is 1. The van der Waals surface area contributed by atoms with E-state index in [0.717, 1.165) is 31.2 Å². The van der Waals surface area contributed by atoms with Crippen LogP contribution in [0.1, 0.15) is 11.3 Å². The molecular formula is C20H30N4O2. The van der Waals surface area contributed by atoms with Gasteiger partial charge in [-0.05, 0) is 29.8 Å². The van der Waals surface area contributed by atoms with Crippen LogP contribution in [0.2, 0.25) is 0 Å². The van der Waals surface area contributed by atoms with Crippen molar-refractivity contribution >= 4 is 11.6 Å². The van der Waals surface area contributed by atoms with E-state index in [2.05, 4.69) is 58.5 Å². The molecule has 0 saturated heterocycles. The van der Waals surface area contributed by atoms with Gasteiger partial charge < -0.3 is 24.3 Å². The molecule has 0 aliphatic rings. The van der Waals surface area contributed by atoms with Crippen molar-refractivity contribution in [3.8, 4) is 0 Å². The number of nitrogens with zero attached hydrogens (tertiary/aromatic N) is 3. The summed E-state index contributed by atoms with van der Waals surface area (Å²) in [6, 6.07) is 12.4. The highest BCUT2D eigenvalue weighted by atomic mass is 16.5. The molecule has 6 heteroatoms. The Bertz CT molecular complexity index is 668. The van der Waals surface area contributed by atoms with E-state index in [1.165, 1.54) is 11.3 Å². The van der Waals surface area contributed by atoms with Crippen LogP contribution in [0.3, 0.4) is 0 Å². The van der Waals surface area contributed by atoms with E-state index in [1.807, 2.05) is 19.2 Å². The molecule has 0 aliphatic heterocycles. The Hall–Kier alpha value is -2.47. The normalized spacial score (nSPS) is 11.5. The summed E-state index contributed by atoms with van der Waals surface area (Å²) in [5, 5.41) is 3.42. The van der Waals surface area contributed by atoms with Gasteiger partial charge in [0.15, 0.2) is 5.96 Å². The van der Waals surface area contributed by atoms with Crippen molar-refractivity contribution in [2.75, 3.05) is 52.8 Å². The standard InChI is InChI=1S/C20H30N4O2/c1-23(2)18-8-5-7-17(15-18)16-24(3)20(22-12-14-25-4)21-11-10-19-9-6-13-26-19/h5-9,13,15H,10-12,14,16H2,1-4H3,(H,21,22). The average Bonchev–Trinajstić information content (AvgIpc) is 3.14. The molecule has 2 aromatic rings. The van der Waals surface area contributed by atoms with Crippen molar-refractivity contribution in [1.82, 2.24) is 10.2 Å². The van der Waals surface area contributed by atoms with Crippen LogP contribution in [-0.2, 0) is 17.7 Å². The minimum absolute atomic E-state index is 0.604. The number of hydrogen-bond acceptors (Lipinski definition) is 4. The van der Waals surface area contributed by atoms with Crippen LogP contribution >= 0.6 is 0 Å². The Labute approximate surface area is 156 Å². The van der Waals surface area contributed by atoms with Gasteiger partial charge in [0.2, 0.25) is 0 Å². The average molecular weight is 358 g/mol. The fraction of sp³-hybridized carbons (Fsp3) is 0.450. The second-order valence-corrected chi connectivity index (χ2v) is 6.37. The van der Waals surface area contributed by atoms with Gasteiger partial charge in [-0.25, -0.2) is 0 Å². The van der Waals surface area contributed by atoms with E-state index < -0.39 is 0 Å². The molecule has 0 atom stereocenters. The van der Waals surface area contributed by atoms with Crippen LogP contribution in [0.5, 0.6) is 0 Å². The van der Waals surface area contributed by atoms with Gasteiger partial charge in [-0.1, -0.05) is 12.1 Å². The maximum absolute atomic E-state index is 5.39. The molecule has 142 valence electrons. The second-order valence-electron chi connectivity index (χ2n) is 6.37. The van der Waals surface area contributed by atoms with E-state index in [-0.39, 0.29) is 0 Å². The third-order valence-electron chi connectivity index (χ3n) is 4.00. The molecule has 2 rings (SSSR count). The molecule has 1 aromatic carbocycles.